The first-order valence-electron chi connectivity index (χ1n) is 49.5. The molecule has 15 heteroatoms. The predicted octanol–water partition coefficient (Wildman–Crippen LogP) is 34.3. The van der Waals surface area contributed by atoms with Crippen LogP contribution in [0.2, 0.25) is 0 Å². The van der Waals surface area contributed by atoms with Crippen LogP contribution in [0.25, 0.3) is 102 Å². The van der Waals surface area contributed by atoms with E-state index in [1.54, 1.807) is 0 Å². The van der Waals surface area contributed by atoms with Crippen LogP contribution in [0.3, 0.4) is 0 Å². The SMILES string of the molecule is CC(C)(C)c1ccc2c(c1)Oc1cc(C(C)(C)C)ccc1N2c1ccc(-c2nc(-c3ccccc3)nc(-c3ccccc3)n2)cc1.CC(C)c1ccc2c(c1)Oc1cc(C(C)C)ccc1N2c1ccc(-c2nc(-c3ccccc3)nc(-c3ccccc3)n2)cc1.c1ccc(-c2nc(-c3ccccc3)nc(-c3ccc(N4c5ccc(C6CCCCC6)cc5Oc5cc(C6CCCCC6)ccc54)cc3)n2)cc1. The van der Waals surface area contributed by atoms with E-state index in [9.17, 15) is 0 Å². The van der Waals surface area contributed by atoms with Crippen molar-refractivity contribution in [2.45, 2.75) is 168 Å². The summed E-state index contributed by atoms with van der Waals surface area (Å²) in [4.78, 5) is 51.1. The molecule has 2 saturated carbocycles. The van der Waals surface area contributed by atoms with Crippen molar-refractivity contribution in [3.63, 3.8) is 0 Å². The first kappa shape index (κ1) is 90.6. The van der Waals surface area contributed by atoms with Crippen LogP contribution in [-0.4, -0.2) is 44.9 Å². The van der Waals surface area contributed by atoms with Gasteiger partial charge in [-0.15, -0.1) is 0 Å². The fourth-order valence-corrected chi connectivity index (χ4v) is 19.5. The largest absolute Gasteiger partial charge is 0.453 e. The van der Waals surface area contributed by atoms with E-state index in [2.05, 4.69) is 266 Å². The Kier molecular flexibility index (Phi) is 25.4. The maximum Gasteiger partial charge on any atom is 0.164 e. The van der Waals surface area contributed by atoms with Crippen LogP contribution in [0.1, 0.15) is 190 Å². The van der Waals surface area contributed by atoms with E-state index in [0.29, 0.717) is 76.1 Å². The zero-order valence-corrected chi connectivity index (χ0v) is 81.1. The second-order valence-electron chi connectivity index (χ2n) is 39.8. The minimum atomic E-state index is 0.000149. The summed E-state index contributed by atoms with van der Waals surface area (Å²) < 4.78 is 20.0. The third-order valence-electron chi connectivity index (χ3n) is 27.4. The molecule has 0 N–H and O–H groups in total. The van der Waals surface area contributed by atoms with Crippen molar-refractivity contribution in [2.75, 3.05) is 14.7 Å². The number of benzene rings is 15. The Balaban J connectivity index is 0.000000125. The highest BCUT2D eigenvalue weighted by Crippen LogP contribution is 2.57. The molecule has 15 aromatic carbocycles. The lowest BCUT2D eigenvalue weighted by Gasteiger charge is -2.35. The monoisotopic (exact) mass is 1830 g/mol. The van der Waals surface area contributed by atoms with Crippen LogP contribution in [0, 0.1) is 0 Å². The van der Waals surface area contributed by atoms with Gasteiger partial charge < -0.3 is 28.9 Å². The van der Waals surface area contributed by atoms with Crippen molar-refractivity contribution < 1.29 is 14.2 Å². The molecule has 0 atom stereocenters. The van der Waals surface area contributed by atoms with Crippen molar-refractivity contribution in [1.82, 2.24) is 44.9 Å². The number of fused-ring (bicyclic) bond motifs is 6. The minimum absolute atomic E-state index is 0.000149. The summed E-state index contributed by atoms with van der Waals surface area (Å²) in [5.41, 5.74) is 25.6. The smallest absolute Gasteiger partial charge is 0.164 e. The van der Waals surface area contributed by atoms with Gasteiger partial charge in [0.05, 0.1) is 34.1 Å². The van der Waals surface area contributed by atoms with Crippen molar-refractivity contribution in [3.05, 3.63) is 397 Å². The summed E-state index contributed by atoms with van der Waals surface area (Å²) >= 11 is 0. The van der Waals surface area contributed by atoms with Gasteiger partial charge >= 0.3 is 0 Å². The second kappa shape index (κ2) is 39.3. The van der Waals surface area contributed by atoms with Gasteiger partial charge in [0, 0.05) is 67.1 Å². The Morgan fingerprint density at radius 3 is 0.657 bits per heavy atom. The number of ether oxygens (including phenoxy) is 3. The fourth-order valence-electron chi connectivity index (χ4n) is 19.5. The Morgan fingerprint density at radius 2 is 0.429 bits per heavy atom. The molecule has 0 radical (unpaired) electrons. The average molecular weight is 1830 g/mol. The van der Waals surface area contributed by atoms with E-state index >= 15 is 0 Å². The van der Waals surface area contributed by atoms with Crippen LogP contribution >= 0.6 is 0 Å². The highest BCUT2D eigenvalue weighted by molar-refractivity contribution is 5.91. The van der Waals surface area contributed by atoms with E-state index in [1.807, 2.05) is 182 Å². The number of anilines is 9. The van der Waals surface area contributed by atoms with Gasteiger partial charge in [-0.25, -0.2) is 44.9 Å². The number of nitrogens with zero attached hydrogens (tertiary/aromatic N) is 12. The summed E-state index contributed by atoms with van der Waals surface area (Å²) in [6, 6.07) is 126. The summed E-state index contributed by atoms with van der Waals surface area (Å²) in [6.07, 6.45) is 13.0. The molecule has 3 aromatic heterocycles. The van der Waals surface area contributed by atoms with E-state index in [1.165, 1.54) is 97.6 Å². The Morgan fingerprint density at radius 1 is 0.221 bits per heavy atom. The molecule has 18 aromatic rings. The van der Waals surface area contributed by atoms with Gasteiger partial charge in [-0.2, -0.15) is 0 Å². The van der Waals surface area contributed by atoms with Gasteiger partial charge in [0.1, 0.15) is 0 Å². The number of aromatic nitrogens is 9. The summed E-state index contributed by atoms with van der Waals surface area (Å²) in [5.74, 6) is 13.2. The zero-order valence-electron chi connectivity index (χ0n) is 81.1. The maximum absolute atomic E-state index is 6.83. The average Bonchev–Trinajstić information content (AvgIpc) is 0.751. The number of rotatable bonds is 16. The van der Waals surface area contributed by atoms with Gasteiger partial charge in [0.25, 0.3) is 0 Å². The van der Waals surface area contributed by atoms with Crippen LogP contribution in [0.5, 0.6) is 34.5 Å². The van der Waals surface area contributed by atoms with Crippen LogP contribution < -0.4 is 28.9 Å². The van der Waals surface area contributed by atoms with Gasteiger partial charge in [-0.1, -0.05) is 326 Å². The Labute approximate surface area is 821 Å². The lowest BCUT2D eigenvalue weighted by atomic mass is 9.83. The molecule has 0 bridgehead atoms. The van der Waals surface area contributed by atoms with E-state index in [-0.39, 0.29) is 10.8 Å². The minimum Gasteiger partial charge on any atom is -0.453 e. The Hall–Kier alpha value is -15.9. The second-order valence-corrected chi connectivity index (χ2v) is 39.8. The van der Waals surface area contributed by atoms with Crippen molar-refractivity contribution in [2.24, 2.45) is 0 Å². The maximum atomic E-state index is 6.83. The predicted molar refractivity (Wildman–Crippen MR) is 570 cm³/mol. The molecule has 5 aliphatic rings. The van der Waals surface area contributed by atoms with E-state index in [4.69, 9.17) is 59.1 Å². The van der Waals surface area contributed by atoms with Gasteiger partial charge in [-0.05, 0) is 239 Å². The van der Waals surface area contributed by atoms with Crippen LogP contribution in [0.4, 0.5) is 51.2 Å². The normalized spacial score (nSPS) is 13.8. The van der Waals surface area contributed by atoms with Gasteiger partial charge in [0.2, 0.25) is 0 Å². The van der Waals surface area contributed by atoms with Crippen molar-refractivity contribution >= 4 is 51.2 Å². The lowest BCUT2D eigenvalue weighted by molar-refractivity contribution is 0.435. The topological polar surface area (TPSA) is 153 Å². The van der Waals surface area contributed by atoms with E-state index in [0.717, 1.165) is 136 Å². The molecule has 692 valence electrons. The molecule has 0 amide bonds. The molecule has 0 spiro atoms. The molecule has 6 heterocycles. The molecule has 23 rings (SSSR count). The van der Waals surface area contributed by atoms with Crippen LogP contribution in [0.15, 0.2) is 364 Å². The number of hydrogen-bond acceptors (Lipinski definition) is 15. The van der Waals surface area contributed by atoms with Gasteiger partial charge in [0.15, 0.2) is 86.9 Å². The molecule has 2 fully saturated rings. The van der Waals surface area contributed by atoms with Crippen molar-refractivity contribution in [1.29, 1.82) is 0 Å². The summed E-state index contributed by atoms with van der Waals surface area (Å²) in [7, 11) is 0. The molecular formula is C125H114N12O3. The van der Waals surface area contributed by atoms with Gasteiger partial charge in [-0.3, -0.25) is 0 Å². The molecule has 0 unspecified atom stereocenters. The summed E-state index contributed by atoms with van der Waals surface area (Å²) in [6.45, 7) is 22.2. The summed E-state index contributed by atoms with van der Waals surface area (Å²) in [5, 5.41) is 0. The highest BCUT2D eigenvalue weighted by Gasteiger charge is 2.35. The standard InChI is InChI=1S/C45H42N4O.C41H38N4O.C39H34N4O/c1-5-13-31(14-6-1)36-23-27-39-41(29-36)50-42-30-37(32-15-7-2-8-16-32)24-28-40(42)49(39)38-25-21-35(22-26-38)45-47-43(33-17-9-3-10-18-33)46-44(48-45)34-19-11-4-12-20-34;1-40(2,3)30-19-23-33-35(25-30)46-36-26-31(41(4,5)6)20-24-34(36)45(33)32-21-17-29(18-22-32)39-43-37(27-13-9-7-10-14-27)42-38(44-39)28-15-11-8-12-16-28;1-25(2)30-17-21-33-35(23-30)44-36-24-31(26(3)4)18-22-34(36)43(33)32-19-15-29(16-20-32)39-41-37(27-11-7-5-8-12-27)40-38(42-39)28-13-9-6-10-14-28/h3-4,9-12,17-32H,1-2,5-8,13-16H2;7-26H,1-6H3;5-26H,1-4H3. The molecule has 2 aliphatic carbocycles. The molecule has 3 aliphatic heterocycles. The van der Waals surface area contributed by atoms with E-state index < -0.39 is 0 Å². The van der Waals surface area contributed by atoms with Crippen molar-refractivity contribution in [3.8, 4) is 137 Å². The molecular weight excluding hydrogens is 1720 g/mol. The lowest BCUT2D eigenvalue weighted by Crippen LogP contribution is -2.19. The highest BCUT2D eigenvalue weighted by atomic mass is 16.5. The first-order chi connectivity index (χ1) is 68.2. The molecule has 15 nitrogen and oxygen atoms in total. The first-order valence-corrected chi connectivity index (χ1v) is 49.5. The number of hydrogen-bond donors (Lipinski definition) is 0. The zero-order chi connectivity index (χ0) is 95.5. The van der Waals surface area contributed by atoms with Crippen LogP contribution in [-0.2, 0) is 10.8 Å². The third kappa shape index (κ3) is 19.4. The third-order valence-corrected chi connectivity index (χ3v) is 27.4. The fraction of sp³-hybridized carbons (Fsp3) is 0.208. The molecule has 140 heavy (non-hydrogen) atoms. The molecule has 0 saturated heterocycles. The quantitative estimate of drug-likeness (QED) is 0.0901. The Bertz CT molecular complexity index is 7110.